The van der Waals surface area contributed by atoms with Gasteiger partial charge in [-0.2, -0.15) is 5.10 Å². The lowest BCUT2D eigenvalue weighted by Gasteiger charge is -1.97. The number of nitrogens with zero attached hydrogens (tertiary/aromatic N) is 1. The van der Waals surface area contributed by atoms with Crippen molar-refractivity contribution in [2.45, 2.75) is 4.90 Å². The Morgan fingerprint density at radius 3 is 2.85 bits per heavy atom. The Kier molecular flexibility index (Phi) is 1.61. The van der Waals surface area contributed by atoms with Crippen LogP contribution in [0.1, 0.15) is 0 Å². The Bertz CT molecular complexity index is 544. The van der Waals surface area contributed by atoms with Crippen LogP contribution in [0.5, 0.6) is 0 Å². The summed E-state index contributed by atoms with van der Waals surface area (Å²) in [4.78, 5) is 0.0961. The van der Waals surface area contributed by atoms with Crippen molar-refractivity contribution < 1.29 is 8.42 Å². The van der Waals surface area contributed by atoms with Gasteiger partial charge in [0.2, 0.25) is 10.0 Å². The number of hydrogen-bond acceptors (Lipinski definition) is 3. The monoisotopic (exact) mass is 197 g/mol. The highest BCUT2D eigenvalue weighted by atomic mass is 32.2. The largest absolute Gasteiger partial charge is 0.278 e. The van der Waals surface area contributed by atoms with Gasteiger partial charge in [-0.1, -0.05) is 6.07 Å². The number of nitrogens with one attached hydrogen (secondary N) is 1. The predicted molar refractivity (Wildman–Crippen MR) is 47.5 cm³/mol. The van der Waals surface area contributed by atoms with Crippen LogP contribution in [0.2, 0.25) is 0 Å². The van der Waals surface area contributed by atoms with Crippen LogP contribution in [0.4, 0.5) is 0 Å². The van der Waals surface area contributed by atoms with E-state index in [1.807, 2.05) is 0 Å². The summed E-state index contributed by atoms with van der Waals surface area (Å²) in [6.45, 7) is 0. The number of benzene rings is 1. The second-order valence-electron chi connectivity index (χ2n) is 2.63. The molecule has 13 heavy (non-hydrogen) atoms. The van der Waals surface area contributed by atoms with Gasteiger partial charge in [0.25, 0.3) is 0 Å². The first-order chi connectivity index (χ1) is 6.09. The zero-order chi connectivity index (χ0) is 9.47. The van der Waals surface area contributed by atoms with Crippen molar-refractivity contribution in [3.05, 3.63) is 24.4 Å². The van der Waals surface area contributed by atoms with E-state index in [-0.39, 0.29) is 4.90 Å². The molecule has 0 saturated carbocycles. The smallest absolute Gasteiger partial charge is 0.238 e. The molecular formula is C7H7N3O2S. The number of fused-ring (bicyclic) bond motifs is 1. The molecule has 0 amide bonds. The van der Waals surface area contributed by atoms with Gasteiger partial charge in [0, 0.05) is 5.39 Å². The Morgan fingerprint density at radius 1 is 1.38 bits per heavy atom. The van der Waals surface area contributed by atoms with Crippen LogP contribution in [-0.4, -0.2) is 18.6 Å². The molecule has 0 saturated heterocycles. The van der Waals surface area contributed by atoms with Gasteiger partial charge in [0.15, 0.2) is 0 Å². The Balaban J connectivity index is 2.91. The predicted octanol–water partition coefficient (Wildman–Crippen LogP) is 0.210. The minimum absolute atomic E-state index is 0.0961. The standard InChI is InChI=1S/C7H7N3O2S/c8-13(11,12)7-3-1-2-6-5(7)4-9-10-6/h1-4H,(H,9,10)(H2,8,11,12). The number of rotatable bonds is 1. The van der Waals surface area contributed by atoms with Crippen LogP contribution in [0.15, 0.2) is 29.3 Å². The van der Waals surface area contributed by atoms with Crippen molar-refractivity contribution in [1.82, 2.24) is 10.2 Å². The van der Waals surface area contributed by atoms with Crippen molar-refractivity contribution in [3.8, 4) is 0 Å². The Hall–Kier alpha value is -1.40. The molecule has 0 unspecified atom stereocenters. The lowest BCUT2D eigenvalue weighted by Crippen LogP contribution is -2.12. The maximum atomic E-state index is 11.1. The van der Waals surface area contributed by atoms with Crippen molar-refractivity contribution >= 4 is 20.9 Å². The van der Waals surface area contributed by atoms with E-state index in [1.165, 1.54) is 12.3 Å². The highest BCUT2D eigenvalue weighted by molar-refractivity contribution is 7.89. The number of primary sulfonamides is 1. The summed E-state index contributed by atoms with van der Waals surface area (Å²) in [5.74, 6) is 0. The minimum atomic E-state index is -3.66. The molecule has 2 aromatic rings. The summed E-state index contributed by atoms with van der Waals surface area (Å²) in [6.07, 6.45) is 1.44. The number of hydrogen-bond donors (Lipinski definition) is 2. The minimum Gasteiger partial charge on any atom is -0.278 e. The van der Waals surface area contributed by atoms with Crippen LogP contribution in [0.25, 0.3) is 10.9 Å². The molecule has 0 aliphatic heterocycles. The Morgan fingerprint density at radius 2 is 2.15 bits per heavy atom. The lowest BCUT2D eigenvalue weighted by molar-refractivity contribution is 0.598. The molecule has 1 aromatic carbocycles. The second kappa shape index (κ2) is 2.54. The molecule has 1 heterocycles. The summed E-state index contributed by atoms with van der Waals surface area (Å²) in [6, 6.07) is 4.80. The van der Waals surface area contributed by atoms with Gasteiger partial charge >= 0.3 is 0 Å². The molecule has 2 rings (SSSR count). The third kappa shape index (κ3) is 1.30. The van der Waals surface area contributed by atoms with Crippen LogP contribution in [0, 0.1) is 0 Å². The second-order valence-corrected chi connectivity index (χ2v) is 4.16. The average molecular weight is 197 g/mol. The maximum Gasteiger partial charge on any atom is 0.238 e. The SMILES string of the molecule is NS(=O)(=O)c1cccc2[nH]ncc12. The molecule has 0 radical (unpaired) electrons. The molecule has 0 aliphatic carbocycles. The Labute approximate surface area is 74.6 Å². The first kappa shape index (κ1) is 8.21. The van der Waals surface area contributed by atoms with Crippen LogP contribution >= 0.6 is 0 Å². The highest BCUT2D eigenvalue weighted by Crippen LogP contribution is 2.18. The van der Waals surface area contributed by atoms with Gasteiger partial charge in [-0.05, 0) is 12.1 Å². The topological polar surface area (TPSA) is 88.8 Å². The third-order valence-electron chi connectivity index (χ3n) is 1.75. The number of aromatic nitrogens is 2. The fraction of sp³-hybridized carbons (Fsp3) is 0. The van der Waals surface area contributed by atoms with Gasteiger partial charge in [0.05, 0.1) is 16.6 Å². The van der Waals surface area contributed by atoms with E-state index in [0.29, 0.717) is 10.9 Å². The van der Waals surface area contributed by atoms with E-state index in [2.05, 4.69) is 10.2 Å². The molecule has 0 fully saturated rings. The van der Waals surface area contributed by atoms with Crippen LogP contribution < -0.4 is 5.14 Å². The third-order valence-corrected chi connectivity index (χ3v) is 2.72. The normalized spacial score (nSPS) is 12.1. The van der Waals surface area contributed by atoms with E-state index in [1.54, 1.807) is 12.1 Å². The van der Waals surface area contributed by atoms with E-state index in [9.17, 15) is 8.42 Å². The summed E-state index contributed by atoms with van der Waals surface area (Å²) in [5, 5.41) is 11.9. The first-order valence-electron chi connectivity index (χ1n) is 3.54. The molecule has 3 N–H and O–H groups in total. The van der Waals surface area contributed by atoms with E-state index in [0.717, 1.165) is 0 Å². The van der Waals surface area contributed by atoms with Gasteiger partial charge in [-0.15, -0.1) is 0 Å². The number of aromatic amines is 1. The summed E-state index contributed by atoms with van der Waals surface area (Å²) in [5.41, 5.74) is 0.659. The molecule has 68 valence electrons. The molecule has 0 aliphatic rings. The summed E-state index contributed by atoms with van der Waals surface area (Å²) >= 11 is 0. The van der Waals surface area contributed by atoms with Crippen molar-refractivity contribution in [2.75, 3.05) is 0 Å². The van der Waals surface area contributed by atoms with Gasteiger partial charge in [-0.25, -0.2) is 13.6 Å². The molecule has 0 spiro atoms. The summed E-state index contributed by atoms with van der Waals surface area (Å²) in [7, 11) is -3.66. The maximum absolute atomic E-state index is 11.1. The van der Waals surface area contributed by atoms with Crippen LogP contribution in [0.3, 0.4) is 0 Å². The average Bonchev–Trinajstić information content (AvgIpc) is 2.48. The quantitative estimate of drug-likeness (QED) is 0.684. The molecule has 0 bridgehead atoms. The number of sulfonamides is 1. The van der Waals surface area contributed by atoms with E-state index >= 15 is 0 Å². The van der Waals surface area contributed by atoms with E-state index < -0.39 is 10.0 Å². The summed E-state index contributed by atoms with van der Waals surface area (Å²) < 4.78 is 22.2. The highest BCUT2D eigenvalue weighted by Gasteiger charge is 2.12. The molecular weight excluding hydrogens is 190 g/mol. The van der Waals surface area contributed by atoms with E-state index in [4.69, 9.17) is 5.14 Å². The van der Waals surface area contributed by atoms with Gasteiger partial charge < -0.3 is 0 Å². The van der Waals surface area contributed by atoms with Crippen LogP contribution in [-0.2, 0) is 10.0 Å². The zero-order valence-corrected chi connectivity index (χ0v) is 7.38. The fourth-order valence-corrected chi connectivity index (χ4v) is 1.93. The van der Waals surface area contributed by atoms with Crippen molar-refractivity contribution in [3.63, 3.8) is 0 Å². The molecule has 1 aromatic heterocycles. The molecule has 5 nitrogen and oxygen atoms in total. The zero-order valence-electron chi connectivity index (χ0n) is 6.56. The number of nitrogens with two attached hydrogens (primary N) is 1. The molecule has 0 atom stereocenters. The fourth-order valence-electron chi connectivity index (χ4n) is 1.19. The number of H-pyrrole nitrogens is 1. The molecule has 6 heteroatoms. The van der Waals surface area contributed by atoms with Gasteiger partial charge in [0.1, 0.15) is 0 Å². The first-order valence-corrected chi connectivity index (χ1v) is 5.08. The van der Waals surface area contributed by atoms with Crippen molar-refractivity contribution in [1.29, 1.82) is 0 Å². The van der Waals surface area contributed by atoms with Gasteiger partial charge in [-0.3, -0.25) is 5.10 Å². The van der Waals surface area contributed by atoms with Crippen molar-refractivity contribution in [2.24, 2.45) is 5.14 Å². The lowest BCUT2D eigenvalue weighted by atomic mass is 10.3.